The molecule has 0 spiro atoms. The highest BCUT2D eigenvalue weighted by molar-refractivity contribution is 6.30. The minimum Gasteiger partial charge on any atom is -0.504 e. The van der Waals surface area contributed by atoms with Crippen molar-refractivity contribution >= 4 is 23.4 Å². The number of nitrogens with zero attached hydrogens (tertiary/aromatic N) is 1. The summed E-state index contributed by atoms with van der Waals surface area (Å²) < 4.78 is 5.41. The van der Waals surface area contributed by atoms with Crippen molar-refractivity contribution in [3.8, 4) is 23.0 Å². The maximum atomic E-state index is 12.5. The Morgan fingerprint density at radius 2 is 1.66 bits per heavy atom. The number of aromatic hydroxyl groups is 3. The average molecular weight is 421 g/mol. The first-order valence-electron chi connectivity index (χ1n) is 9.05. The second-order valence-electron chi connectivity index (χ2n) is 6.74. The van der Waals surface area contributed by atoms with Crippen molar-refractivity contribution in [3.63, 3.8) is 0 Å². The molecular formula is C20H21ClN2O6. The van der Waals surface area contributed by atoms with E-state index in [0.29, 0.717) is 36.7 Å². The molecule has 1 saturated heterocycles. The molecule has 0 unspecified atom stereocenters. The molecule has 8 nitrogen and oxygen atoms in total. The van der Waals surface area contributed by atoms with Crippen LogP contribution in [0.25, 0.3) is 0 Å². The van der Waals surface area contributed by atoms with Crippen molar-refractivity contribution < 1.29 is 29.6 Å². The van der Waals surface area contributed by atoms with Gasteiger partial charge in [0.1, 0.15) is 5.75 Å². The minimum absolute atomic E-state index is 0.0802. The molecule has 4 N–H and O–H groups in total. The molecule has 1 aliphatic heterocycles. The van der Waals surface area contributed by atoms with E-state index in [-0.39, 0.29) is 30.0 Å². The van der Waals surface area contributed by atoms with Gasteiger partial charge in [-0.1, -0.05) is 11.6 Å². The van der Waals surface area contributed by atoms with Gasteiger partial charge in [0.2, 0.25) is 0 Å². The molecule has 0 aromatic heterocycles. The van der Waals surface area contributed by atoms with Crippen molar-refractivity contribution in [1.29, 1.82) is 0 Å². The van der Waals surface area contributed by atoms with E-state index in [1.165, 1.54) is 0 Å². The third-order valence-electron chi connectivity index (χ3n) is 4.65. The van der Waals surface area contributed by atoms with E-state index in [4.69, 9.17) is 16.3 Å². The van der Waals surface area contributed by atoms with E-state index < -0.39 is 17.2 Å². The zero-order chi connectivity index (χ0) is 21.0. The number of phenolic OH excluding ortho intramolecular Hbond substituents is 3. The van der Waals surface area contributed by atoms with Crippen molar-refractivity contribution in [2.75, 3.05) is 19.7 Å². The van der Waals surface area contributed by atoms with Crippen LogP contribution in [0.1, 0.15) is 23.2 Å². The second kappa shape index (κ2) is 8.91. The fraction of sp³-hybridized carbons (Fsp3) is 0.300. The van der Waals surface area contributed by atoms with Crippen LogP contribution in [0.15, 0.2) is 36.4 Å². The largest absolute Gasteiger partial charge is 0.504 e. The smallest absolute Gasteiger partial charge is 0.258 e. The topological polar surface area (TPSA) is 119 Å². The summed E-state index contributed by atoms with van der Waals surface area (Å²) >= 11 is 5.80. The van der Waals surface area contributed by atoms with Crippen LogP contribution < -0.4 is 10.1 Å². The van der Waals surface area contributed by atoms with Gasteiger partial charge < -0.3 is 30.3 Å². The van der Waals surface area contributed by atoms with Crippen molar-refractivity contribution in [3.05, 3.63) is 47.0 Å². The fourth-order valence-electron chi connectivity index (χ4n) is 3.09. The molecule has 0 saturated carbocycles. The minimum atomic E-state index is -0.663. The summed E-state index contributed by atoms with van der Waals surface area (Å²) in [5.41, 5.74) is 0.0802. The molecule has 3 rings (SSSR count). The molecular weight excluding hydrogens is 400 g/mol. The van der Waals surface area contributed by atoms with E-state index in [9.17, 15) is 24.9 Å². The summed E-state index contributed by atoms with van der Waals surface area (Å²) in [4.78, 5) is 26.2. The molecule has 2 aromatic carbocycles. The SMILES string of the molecule is O=C(COc1ccc(Cl)cc1)NC1CCN(C(=O)c2cc(O)c(O)c(O)c2)CC1. The number of piperidine rings is 1. The zero-order valence-corrected chi connectivity index (χ0v) is 16.2. The normalized spacial score (nSPS) is 14.4. The number of phenols is 3. The Morgan fingerprint density at radius 3 is 2.24 bits per heavy atom. The third-order valence-corrected chi connectivity index (χ3v) is 4.90. The predicted molar refractivity (Wildman–Crippen MR) is 105 cm³/mol. The number of hydrogen-bond acceptors (Lipinski definition) is 6. The molecule has 1 fully saturated rings. The molecule has 0 radical (unpaired) electrons. The lowest BCUT2D eigenvalue weighted by atomic mass is 10.0. The first-order chi connectivity index (χ1) is 13.8. The Bertz CT molecular complexity index is 871. The first-order valence-corrected chi connectivity index (χ1v) is 9.43. The zero-order valence-electron chi connectivity index (χ0n) is 15.5. The number of rotatable bonds is 5. The maximum absolute atomic E-state index is 12.5. The van der Waals surface area contributed by atoms with Gasteiger partial charge in [-0.3, -0.25) is 9.59 Å². The molecule has 9 heteroatoms. The van der Waals surface area contributed by atoms with Crippen molar-refractivity contribution in [2.24, 2.45) is 0 Å². The van der Waals surface area contributed by atoms with E-state index in [1.54, 1.807) is 29.2 Å². The Hall–Kier alpha value is -3.13. The van der Waals surface area contributed by atoms with Gasteiger partial charge in [-0.25, -0.2) is 0 Å². The first kappa shape index (κ1) is 20.6. The quantitative estimate of drug-likeness (QED) is 0.551. The second-order valence-corrected chi connectivity index (χ2v) is 7.18. The summed E-state index contributed by atoms with van der Waals surface area (Å²) in [7, 11) is 0. The fourth-order valence-corrected chi connectivity index (χ4v) is 3.21. The van der Waals surface area contributed by atoms with Crippen LogP contribution in [0.4, 0.5) is 0 Å². The van der Waals surface area contributed by atoms with Crippen LogP contribution in [-0.2, 0) is 4.79 Å². The van der Waals surface area contributed by atoms with Gasteiger partial charge in [0.15, 0.2) is 23.9 Å². The number of likely N-dealkylation sites (tertiary alicyclic amines) is 1. The van der Waals surface area contributed by atoms with Crippen molar-refractivity contribution in [1.82, 2.24) is 10.2 Å². The number of amides is 2. The van der Waals surface area contributed by atoms with Gasteiger partial charge in [0.25, 0.3) is 11.8 Å². The van der Waals surface area contributed by atoms with Crippen LogP contribution >= 0.6 is 11.6 Å². The maximum Gasteiger partial charge on any atom is 0.258 e. The number of carbonyl (C=O) groups is 2. The standard InChI is InChI=1S/C20H21ClN2O6/c21-13-1-3-15(4-2-13)29-11-18(26)22-14-5-7-23(8-6-14)20(28)12-9-16(24)19(27)17(25)10-12/h1-4,9-10,14,24-25,27H,5-8,11H2,(H,22,26). The van der Waals surface area contributed by atoms with Crippen LogP contribution in [0.3, 0.4) is 0 Å². The summed E-state index contributed by atoms with van der Waals surface area (Å²) in [6.45, 7) is 0.696. The van der Waals surface area contributed by atoms with E-state index in [0.717, 1.165) is 12.1 Å². The summed E-state index contributed by atoms with van der Waals surface area (Å²) in [5.74, 6) is -1.86. The highest BCUT2D eigenvalue weighted by Crippen LogP contribution is 2.35. The summed E-state index contributed by atoms with van der Waals surface area (Å²) in [5, 5.41) is 32.0. The molecule has 2 amide bonds. The lowest BCUT2D eigenvalue weighted by Crippen LogP contribution is -2.47. The highest BCUT2D eigenvalue weighted by atomic mass is 35.5. The Labute approximate surface area is 172 Å². The monoisotopic (exact) mass is 420 g/mol. The molecule has 0 bridgehead atoms. The molecule has 29 heavy (non-hydrogen) atoms. The number of ether oxygens (including phenoxy) is 1. The van der Waals surface area contributed by atoms with Gasteiger partial charge >= 0.3 is 0 Å². The number of benzene rings is 2. The Balaban J connectivity index is 1.46. The highest BCUT2D eigenvalue weighted by Gasteiger charge is 2.26. The molecule has 1 heterocycles. The molecule has 2 aromatic rings. The van der Waals surface area contributed by atoms with E-state index in [2.05, 4.69) is 5.32 Å². The number of halogens is 1. The predicted octanol–water partition coefficient (Wildman–Crippen LogP) is 2.26. The van der Waals surface area contributed by atoms with Crippen LogP contribution in [0.5, 0.6) is 23.0 Å². The molecule has 0 atom stereocenters. The lowest BCUT2D eigenvalue weighted by molar-refractivity contribution is -0.124. The van der Waals surface area contributed by atoms with E-state index in [1.807, 2.05) is 0 Å². The third kappa shape index (κ3) is 5.23. The van der Waals surface area contributed by atoms with Gasteiger partial charge in [0, 0.05) is 29.7 Å². The van der Waals surface area contributed by atoms with Crippen molar-refractivity contribution in [2.45, 2.75) is 18.9 Å². The Kier molecular flexibility index (Phi) is 6.33. The van der Waals surface area contributed by atoms with Gasteiger partial charge in [-0.15, -0.1) is 0 Å². The number of hydrogen-bond donors (Lipinski definition) is 4. The van der Waals surface area contributed by atoms with Gasteiger partial charge in [-0.05, 0) is 49.2 Å². The van der Waals surface area contributed by atoms with Gasteiger partial charge in [-0.2, -0.15) is 0 Å². The number of carbonyl (C=O) groups excluding carboxylic acids is 2. The van der Waals surface area contributed by atoms with Crippen LogP contribution in [0.2, 0.25) is 5.02 Å². The summed E-state index contributed by atoms with van der Waals surface area (Å²) in [6.07, 6.45) is 1.13. The average Bonchev–Trinajstić information content (AvgIpc) is 2.71. The van der Waals surface area contributed by atoms with Crippen LogP contribution in [0, 0.1) is 0 Å². The van der Waals surface area contributed by atoms with Gasteiger partial charge in [0.05, 0.1) is 0 Å². The van der Waals surface area contributed by atoms with Crippen LogP contribution in [-0.4, -0.2) is 57.8 Å². The van der Waals surface area contributed by atoms with E-state index >= 15 is 0 Å². The molecule has 0 aliphatic carbocycles. The summed E-state index contributed by atoms with van der Waals surface area (Å²) in [6, 6.07) is 8.85. The molecule has 154 valence electrons. The Morgan fingerprint density at radius 1 is 1.07 bits per heavy atom. The number of nitrogens with one attached hydrogen (secondary N) is 1. The lowest BCUT2D eigenvalue weighted by Gasteiger charge is -2.32. The molecule has 1 aliphatic rings.